The fraction of sp³-hybridized carbons (Fsp3) is 0.600. The monoisotopic (exact) mass is 566 g/mol. The minimum absolute atomic E-state index is 0.00414. The minimum atomic E-state index is -5.74. The predicted molar refractivity (Wildman–Crippen MR) is 129 cm³/mol. The summed E-state index contributed by atoms with van der Waals surface area (Å²) in [5, 5.41) is 5.36. The quantitative estimate of drug-likeness (QED) is 0.372. The highest BCUT2D eigenvalue weighted by Crippen LogP contribution is 2.41. The molecule has 210 valence electrons. The molecule has 6 nitrogen and oxygen atoms in total. The lowest BCUT2D eigenvalue weighted by atomic mass is 9.85. The van der Waals surface area contributed by atoms with Crippen molar-refractivity contribution in [3.05, 3.63) is 41.0 Å². The van der Waals surface area contributed by atoms with Crippen LogP contribution in [0.5, 0.6) is 0 Å². The zero-order chi connectivity index (χ0) is 27.9. The normalized spacial score (nSPS) is 18.7. The smallest absolute Gasteiger partial charge is 0.426 e. The van der Waals surface area contributed by atoms with Crippen molar-refractivity contribution in [3.63, 3.8) is 0 Å². The number of halogens is 7. The largest absolute Gasteiger partial charge is 0.434 e. The molecular weight excluding hydrogens is 538 g/mol. The number of nitrogens with zero attached hydrogens (tertiary/aromatic N) is 4. The number of aromatic nitrogens is 2. The first-order chi connectivity index (χ1) is 17.7. The molecule has 38 heavy (non-hydrogen) atoms. The van der Waals surface area contributed by atoms with Crippen LogP contribution in [-0.4, -0.2) is 69.3 Å². The van der Waals surface area contributed by atoms with E-state index in [1.807, 2.05) is 42.9 Å². The summed E-state index contributed by atoms with van der Waals surface area (Å²) < 4.78 is 82.8. The van der Waals surface area contributed by atoms with Crippen LogP contribution in [0.2, 0.25) is 5.02 Å². The lowest BCUT2D eigenvalue weighted by molar-refractivity contribution is -0.308. The van der Waals surface area contributed by atoms with Crippen molar-refractivity contribution in [1.82, 2.24) is 19.6 Å². The van der Waals surface area contributed by atoms with E-state index in [1.54, 1.807) is 6.07 Å². The topological polar surface area (TPSA) is 50.6 Å². The molecule has 13 heteroatoms. The first kappa shape index (κ1) is 28.5. The van der Waals surface area contributed by atoms with Crippen molar-refractivity contribution in [3.8, 4) is 11.3 Å². The number of benzene rings is 1. The molecule has 2 fully saturated rings. The van der Waals surface area contributed by atoms with Gasteiger partial charge in [-0.15, -0.1) is 0 Å². The van der Waals surface area contributed by atoms with E-state index >= 15 is 0 Å². The molecule has 0 bridgehead atoms. The number of hydrogen-bond acceptors (Lipinski definition) is 4. The molecule has 4 rings (SSSR count). The van der Waals surface area contributed by atoms with Crippen LogP contribution in [0.15, 0.2) is 30.5 Å². The Morgan fingerprint density at radius 1 is 1.08 bits per heavy atom. The minimum Gasteiger partial charge on any atom is -0.426 e. The highest BCUT2D eigenvalue weighted by molar-refractivity contribution is 6.30. The van der Waals surface area contributed by atoms with E-state index in [0.29, 0.717) is 24.4 Å². The van der Waals surface area contributed by atoms with Crippen molar-refractivity contribution >= 4 is 17.7 Å². The number of alkyl halides is 6. The summed E-state index contributed by atoms with van der Waals surface area (Å²) in [7, 11) is 0. The molecule has 0 saturated carbocycles. The van der Waals surface area contributed by atoms with Crippen LogP contribution < -0.4 is 0 Å². The van der Waals surface area contributed by atoms with Gasteiger partial charge in [-0.3, -0.25) is 9.58 Å². The number of likely N-dealkylation sites (tertiary alicyclic amines) is 2. The summed E-state index contributed by atoms with van der Waals surface area (Å²) in [6, 6.07) is 7.53. The highest BCUT2D eigenvalue weighted by Gasteiger charge is 2.60. The summed E-state index contributed by atoms with van der Waals surface area (Å²) in [5.74, 6) is 0. The number of hydrogen-bond donors (Lipinski definition) is 0. The summed E-state index contributed by atoms with van der Waals surface area (Å²) in [5.41, 5.74) is 2.34. The second-order valence-electron chi connectivity index (χ2n) is 10.2. The molecule has 1 spiro atoms. The second kappa shape index (κ2) is 10.6. The van der Waals surface area contributed by atoms with E-state index in [4.69, 9.17) is 16.7 Å². The van der Waals surface area contributed by atoms with Gasteiger partial charge in [0.1, 0.15) is 0 Å². The van der Waals surface area contributed by atoms with Crippen LogP contribution in [0, 0.1) is 0 Å². The Labute approximate surface area is 221 Å². The zero-order valence-corrected chi connectivity index (χ0v) is 21.7. The van der Waals surface area contributed by atoms with E-state index in [2.05, 4.69) is 9.64 Å². The molecule has 2 aliphatic heterocycles. The third kappa shape index (κ3) is 6.06. The molecule has 2 aliphatic rings. The van der Waals surface area contributed by atoms with Gasteiger partial charge in [0, 0.05) is 53.6 Å². The van der Waals surface area contributed by atoms with Gasteiger partial charge in [-0.05, 0) is 58.2 Å². The standard InChI is InChI=1S/C25H29ClF6N4O2/c1-16(2)36-15-18(20(33-36)17-5-3-6-19(26)13-17)14-35-10-4-7-23(35)8-11-34(12-9-23)22(37)38-21(24(27,28)29)25(30,31)32/h3,5-6,13,15-16,21H,4,7-12,14H2,1-2H3. The third-order valence-electron chi connectivity index (χ3n) is 7.30. The number of carbonyl (C=O) groups is 1. The lowest BCUT2D eigenvalue weighted by Crippen LogP contribution is -2.54. The van der Waals surface area contributed by atoms with E-state index in [-0.39, 0.29) is 24.7 Å². The Morgan fingerprint density at radius 2 is 1.74 bits per heavy atom. The van der Waals surface area contributed by atoms with Crippen LogP contribution in [0.3, 0.4) is 0 Å². The number of ether oxygens (including phenoxy) is 1. The number of amides is 1. The average molecular weight is 567 g/mol. The van der Waals surface area contributed by atoms with Crippen molar-refractivity contribution in [1.29, 1.82) is 0 Å². The highest BCUT2D eigenvalue weighted by atomic mass is 35.5. The fourth-order valence-electron chi connectivity index (χ4n) is 5.30. The maximum atomic E-state index is 12.8. The molecule has 0 radical (unpaired) electrons. The van der Waals surface area contributed by atoms with Gasteiger partial charge in [0.2, 0.25) is 0 Å². The van der Waals surface area contributed by atoms with Gasteiger partial charge in [-0.1, -0.05) is 23.7 Å². The first-order valence-electron chi connectivity index (χ1n) is 12.4. The van der Waals surface area contributed by atoms with Gasteiger partial charge < -0.3 is 9.64 Å². The van der Waals surface area contributed by atoms with Gasteiger partial charge in [-0.2, -0.15) is 31.4 Å². The average Bonchev–Trinajstić information content (AvgIpc) is 3.41. The van der Waals surface area contributed by atoms with Crippen LogP contribution in [0.4, 0.5) is 31.1 Å². The number of carbonyl (C=O) groups excluding carboxylic acids is 1. The maximum absolute atomic E-state index is 12.8. The van der Waals surface area contributed by atoms with Crippen molar-refractivity contribution in [2.24, 2.45) is 0 Å². The van der Waals surface area contributed by atoms with Gasteiger partial charge in [0.15, 0.2) is 0 Å². The Morgan fingerprint density at radius 3 is 2.32 bits per heavy atom. The van der Waals surface area contributed by atoms with E-state index in [0.717, 1.165) is 41.1 Å². The Hall–Kier alpha value is -2.47. The SMILES string of the molecule is CC(C)n1cc(CN2CCCC23CCN(C(=O)OC(C(F)(F)F)C(F)(F)F)CC3)c(-c2cccc(Cl)c2)n1. The molecule has 1 aromatic carbocycles. The Balaban J connectivity index is 1.48. The van der Waals surface area contributed by atoms with Crippen LogP contribution in [-0.2, 0) is 11.3 Å². The number of rotatable bonds is 5. The maximum Gasteiger partial charge on any atom is 0.434 e. The van der Waals surface area contributed by atoms with Crippen molar-refractivity contribution in [2.45, 2.75) is 76.1 Å². The molecule has 1 aromatic heterocycles. The summed E-state index contributed by atoms with van der Waals surface area (Å²) in [4.78, 5) is 15.5. The Bertz CT molecular complexity index is 1130. The van der Waals surface area contributed by atoms with Crippen molar-refractivity contribution in [2.75, 3.05) is 19.6 Å². The van der Waals surface area contributed by atoms with Gasteiger partial charge in [0.05, 0.1) is 5.69 Å². The van der Waals surface area contributed by atoms with E-state index in [1.165, 1.54) is 0 Å². The predicted octanol–water partition coefficient (Wildman–Crippen LogP) is 6.84. The van der Waals surface area contributed by atoms with Gasteiger partial charge in [-0.25, -0.2) is 4.79 Å². The Kier molecular flexibility index (Phi) is 7.96. The third-order valence-corrected chi connectivity index (χ3v) is 7.54. The summed E-state index contributed by atoms with van der Waals surface area (Å²) in [6.07, 6.45) is -12.7. The van der Waals surface area contributed by atoms with Crippen LogP contribution in [0.1, 0.15) is 51.1 Å². The summed E-state index contributed by atoms with van der Waals surface area (Å²) in [6.45, 7) is 5.38. The first-order valence-corrected chi connectivity index (χ1v) is 12.8. The second-order valence-corrected chi connectivity index (χ2v) is 10.6. The molecule has 2 aromatic rings. The number of piperidine rings is 1. The van der Waals surface area contributed by atoms with E-state index in [9.17, 15) is 31.1 Å². The molecular formula is C25H29ClF6N4O2. The fourth-order valence-corrected chi connectivity index (χ4v) is 5.49. The van der Waals surface area contributed by atoms with E-state index < -0.39 is 24.5 Å². The van der Waals surface area contributed by atoms with Gasteiger partial charge >= 0.3 is 18.4 Å². The van der Waals surface area contributed by atoms with Crippen LogP contribution >= 0.6 is 11.6 Å². The summed E-state index contributed by atoms with van der Waals surface area (Å²) >= 11 is 6.21. The zero-order valence-electron chi connectivity index (χ0n) is 20.9. The molecule has 0 unspecified atom stereocenters. The molecule has 3 heterocycles. The molecule has 2 saturated heterocycles. The van der Waals surface area contributed by atoms with Crippen molar-refractivity contribution < 1.29 is 35.9 Å². The molecule has 0 atom stereocenters. The molecule has 0 aliphatic carbocycles. The molecule has 0 N–H and O–H groups in total. The molecule has 1 amide bonds. The van der Waals surface area contributed by atoms with Crippen LogP contribution in [0.25, 0.3) is 11.3 Å². The van der Waals surface area contributed by atoms with Gasteiger partial charge in [0.25, 0.3) is 6.10 Å². The lowest BCUT2D eigenvalue weighted by Gasteiger charge is -2.45.